The number of Topliss-reactive ketones (excluding diaryl/α,β-unsaturated/α-hetero) is 1. The SMILES string of the molecule is Cc1ccc(S(=O)(=O)CC(CS(=O)(=O)c2ccc(C)cc2)C(=O)c2ccc(C(=O)NCCOCCOCC(=O)NCCOCCOCC(=O)ON3C(=O)CCC3=O)cc2)cc1. The van der Waals surface area contributed by atoms with Crippen LogP contribution in [0.2, 0.25) is 0 Å². The third-order valence-corrected chi connectivity index (χ3v) is 12.6. The zero-order valence-electron chi connectivity index (χ0n) is 33.8. The normalized spacial score (nSPS) is 13.1. The number of carbonyl (C=O) groups excluding carboxylic acids is 6. The second kappa shape index (κ2) is 23.6. The summed E-state index contributed by atoms with van der Waals surface area (Å²) in [6.07, 6.45) is -0.0154. The van der Waals surface area contributed by atoms with E-state index in [4.69, 9.17) is 18.9 Å². The van der Waals surface area contributed by atoms with Crippen molar-refractivity contribution in [3.05, 3.63) is 95.1 Å². The van der Waals surface area contributed by atoms with Crippen molar-refractivity contribution >= 4 is 55.1 Å². The topological polar surface area (TPSA) is 244 Å². The fourth-order valence-electron chi connectivity index (χ4n) is 5.63. The van der Waals surface area contributed by atoms with Gasteiger partial charge in [0.2, 0.25) is 5.91 Å². The van der Waals surface area contributed by atoms with Gasteiger partial charge in [-0.1, -0.05) is 47.5 Å². The molecule has 0 aliphatic carbocycles. The summed E-state index contributed by atoms with van der Waals surface area (Å²) < 4.78 is 74.6. The van der Waals surface area contributed by atoms with Crippen molar-refractivity contribution in [1.29, 1.82) is 0 Å². The minimum absolute atomic E-state index is 0.00771. The summed E-state index contributed by atoms with van der Waals surface area (Å²) in [5, 5.41) is 5.71. The Balaban J connectivity index is 1.11. The van der Waals surface area contributed by atoms with Gasteiger partial charge >= 0.3 is 5.97 Å². The predicted molar refractivity (Wildman–Crippen MR) is 217 cm³/mol. The molecular weight excluding hydrogens is 839 g/mol. The van der Waals surface area contributed by atoms with E-state index in [0.717, 1.165) is 11.1 Å². The Kier molecular flexibility index (Phi) is 18.7. The number of hydroxylamine groups is 2. The van der Waals surface area contributed by atoms with Gasteiger partial charge in [0.25, 0.3) is 17.7 Å². The first-order valence-corrected chi connectivity index (χ1v) is 22.5. The lowest BCUT2D eigenvalue weighted by Gasteiger charge is -2.17. The molecule has 18 nitrogen and oxygen atoms in total. The second-order valence-corrected chi connectivity index (χ2v) is 17.9. The van der Waals surface area contributed by atoms with Crippen molar-refractivity contribution < 1.29 is 69.4 Å². The smallest absolute Gasteiger partial charge is 0.358 e. The molecule has 1 saturated heterocycles. The van der Waals surface area contributed by atoms with Crippen LogP contribution >= 0.6 is 0 Å². The Labute approximate surface area is 354 Å². The molecule has 1 aliphatic heterocycles. The van der Waals surface area contributed by atoms with Gasteiger partial charge in [0.1, 0.15) is 13.2 Å². The standard InChI is InChI=1S/C41H49N3O15S2/c1-29-3-11-34(12-4-29)60(51,52)27-33(28-61(53,54)35-13-5-30(2)6-14-35)40(49)31-7-9-32(10-8-31)41(50)43-18-20-56-21-23-57-25-36(45)42-17-19-55-22-24-58-26-39(48)59-44-37(46)15-16-38(44)47/h3-14,33H,15-28H2,1-2H3,(H,42,45)(H,43,50). The summed E-state index contributed by atoms with van der Waals surface area (Å²) in [6.45, 7) is 3.90. The molecule has 0 spiro atoms. The maximum Gasteiger partial charge on any atom is 0.358 e. The number of ketones is 1. The van der Waals surface area contributed by atoms with Gasteiger partial charge in [-0.05, 0) is 50.2 Å². The van der Waals surface area contributed by atoms with E-state index >= 15 is 0 Å². The molecule has 0 unspecified atom stereocenters. The van der Waals surface area contributed by atoms with E-state index in [1.165, 1.54) is 48.5 Å². The number of carbonyl (C=O) groups is 6. The first kappa shape index (κ1) is 48.3. The van der Waals surface area contributed by atoms with E-state index in [1.54, 1.807) is 38.1 Å². The van der Waals surface area contributed by atoms with Crippen LogP contribution in [0.5, 0.6) is 0 Å². The van der Waals surface area contributed by atoms with E-state index < -0.39 is 73.2 Å². The molecule has 1 fully saturated rings. The molecule has 0 radical (unpaired) electrons. The molecule has 0 atom stereocenters. The van der Waals surface area contributed by atoms with Gasteiger partial charge in [0.05, 0.1) is 66.9 Å². The summed E-state index contributed by atoms with van der Waals surface area (Å²) >= 11 is 0. The number of ether oxygens (including phenoxy) is 4. The minimum atomic E-state index is -4.07. The molecule has 0 bridgehead atoms. The monoisotopic (exact) mass is 887 g/mol. The van der Waals surface area contributed by atoms with E-state index in [0.29, 0.717) is 5.06 Å². The second-order valence-electron chi connectivity index (χ2n) is 13.8. The quantitative estimate of drug-likeness (QED) is 0.0660. The van der Waals surface area contributed by atoms with Crippen LogP contribution in [0.15, 0.2) is 82.6 Å². The maximum atomic E-state index is 13.8. The van der Waals surface area contributed by atoms with Crippen molar-refractivity contribution in [2.75, 3.05) is 77.5 Å². The molecule has 3 aromatic carbocycles. The highest BCUT2D eigenvalue weighted by Crippen LogP contribution is 2.23. The number of imide groups is 1. The van der Waals surface area contributed by atoms with Gasteiger partial charge < -0.3 is 34.4 Å². The molecule has 1 heterocycles. The molecule has 0 aromatic heterocycles. The number of aryl methyl sites for hydroxylation is 2. The lowest BCUT2D eigenvalue weighted by Crippen LogP contribution is -2.33. The van der Waals surface area contributed by atoms with Crippen LogP contribution in [-0.2, 0) is 62.6 Å². The van der Waals surface area contributed by atoms with Crippen LogP contribution < -0.4 is 10.6 Å². The lowest BCUT2D eigenvalue weighted by molar-refractivity contribution is -0.200. The van der Waals surface area contributed by atoms with Gasteiger partial charge in [0.15, 0.2) is 25.5 Å². The molecule has 330 valence electrons. The van der Waals surface area contributed by atoms with Crippen molar-refractivity contribution in [2.45, 2.75) is 36.5 Å². The maximum absolute atomic E-state index is 13.8. The lowest BCUT2D eigenvalue weighted by atomic mass is 9.99. The molecular formula is C41H49N3O15S2. The fourth-order valence-corrected chi connectivity index (χ4v) is 8.87. The van der Waals surface area contributed by atoms with Crippen molar-refractivity contribution in [3.8, 4) is 0 Å². The zero-order chi connectivity index (χ0) is 44.4. The van der Waals surface area contributed by atoms with Gasteiger partial charge in [-0.15, -0.1) is 5.06 Å². The van der Waals surface area contributed by atoms with Crippen LogP contribution in [0.4, 0.5) is 0 Å². The van der Waals surface area contributed by atoms with Crippen LogP contribution in [0.25, 0.3) is 0 Å². The first-order chi connectivity index (χ1) is 29.1. The number of rotatable bonds is 26. The number of hydrogen-bond donors (Lipinski definition) is 2. The predicted octanol–water partition coefficient (Wildman–Crippen LogP) is 1.57. The number of sulfone groups is 2. The van der Waals surface area contributed by atoms with E-state index in [2.05, 4.69) is 15.5 Å². The number of nitrogens with zero attached hydrogens (tertiary/aromatic N) is 1. The Morgan fingerprint density at radius 1 is 0.590 bits per heavy atom. The fraction of sp³-hybridized carbons (Fsp3) is 0.415. The third kappa shape index (κ3) is 15.9. The summed E-state index contributed by atoms with van der Waals surface area (Å²) in [6, 6.07) is 17.6. The van der Waals surface area contributed by atoms with E-state index in [-0.39, 0.29) is 99.0 Å². The summed E-state index contributed by atoms with van der Waals surface area (Å²) in [5.74, 6) is -6.53. The van der Waals surface area contributed by atoms with Crippen molar-refractivity contribution in [1.82, 2.24) is 15.7 Å². The Hall–Kier alpha value is -5.38. The summed E-state index contributed by atoms with van der Waals surface area (Å²) in [4.78, 5) is 77.6. The molecule has 4 rings (SSSR count). The van der Waals surface area contributed by atoms with Gasteiger partial charge in [-0.25, -0.2) is 21.6 Å². The summed E-state index contributed by atoms with van der Waals surface area (Å²) in [7, 11) is -8.13. The van der Waals surface area contributed by atoms with Crippen LogP contribution in [0, 0.1) is 19.8 Å². The number of amides is 4. The molecule has 61 heavy (non-hydrogen) atoms. The van der Waals surface area contributed by atoms with Crippen molar-refractivity contribution in [2.24, 2.45) is 5.92 Å². The highest BCUT2D eigenvalue weighted by atomic mass is 32.2. The molecule has 2 N–H and O–H groups in total. The van der Waals surface area contributed by atoms with Crippen LogP contribution in [0.3, 0.4) is 0 Å². The van der Waals surface area contributed by atoms with E-state index in [9.17, 15) is 45.6 Å². The molecule has 1 aliphatic rings. The minimum Gasteiger partial charge on any atom is -0.377 e. The first-order valence-electron chi connectivity index (χ1n) is 19.2. The van der Waals surface area contributed by atoms with Gasteiger partial charge in [0, 0.05) is 37.1 Å². The van der Waals surface area contributed by atoms with E-state index in [1.807, 2.05) is 0 Å². The van der Waals surface area contributed by atoms with Crippen LogP contribution in [0.1, 0.15) is 44.7 Å². The Morgan fingerprint density at radius 3 is 1.54 bits per heavy atom. The Bertz CT molecular complexity index is 2120. The molecule has 4 amide bonds. The van der Waals surface area contributed by atoms with Gasteiger partial charge in [-0.2, -0.15) is 0 Å². The number of benzene rings is 3. The highest BCUT2D eigenvalue weighted by Gasteiger charge is 2.34. The molecule has 3 aromatic rings. The average molecular weight is 888 g/mol. The highest BCUT2D eigenvalue weighted by molar-refractivity contribution is 7.92. The van der Waals surface area contributed by atoms with Crippen LogP contribution in [-0.4, -0.2) is 135 Å². The van der Waals surface area contributed by atoms with Gasteiger partial charge in [-0.3, -0.25) is 24.0 Å². The molecule has 20 heteroatoms. The van der Waals surface area contributed by atoms with Crippen molar-refractivity contribution in [3.63, 3.8) is 0 Å². The Morgan fingerprint density at radius 2 is 1.03 bits per heavy atom. The summed E-state index contributed by atoms with van der Waals surface area (Å²) in [5.41, 5.74) is 1.91. The third-order valence-electron chi connectivity index (χ3n) is 8.90. The number of nitrogens with one attached hydrogen (secondary N) is 2. The molecule has 0 saturated carbocycles. The zero-order valence-corrected chi connectivity index (χ0v) is 35.4. The number of hydrogen-bond acceptors (Lipinski definition) is 15. The largest absolute Gasteiger partial charge is 0.377 e. The average Bonchev–Trinajstić information content (AvgIpc) is 3.54.